The van der Waals surface area contributed by atoms with E-state index in [1.807, 2.05) is 30.3 Å². The number of hydrogen-bond donors (Lipinski definition) is 3. The number of thiazole rings is 1. The summed E-state index contributed by atoms with van der Waals surface area (Å²) in [4.78, 5) is 14.0. The van der Waals surface area contributed by atoms with Crippen molar-refractivity contribution in [2.24, 2.45) is 5.73 Å². The van der Waals surface area contributed by atoms with E-state index in [0.717, 1.165) is 16.9 Å². The van der Waals surface area contributed by atoms with Crippen molar-refractivity contribution < 1.29 is 8.42 Å². The number of hydrogen-bond acceptors (Lipinski definition) is 5. The van der Waals surface area contributed by atoms with Crippen molar-refractivity contribution >= 4 is 31.6 Å². The Hall–Kier alpha value is -2.00. The zero-order chi connectivity index (χ0) is 17.9. The summed E-state index contributed by atoms with van der Waals surface area (Å²) in [6, 6.07) is 13.7. The quantitative estimate of drug-likeness (QED) is 0.588. The van der Waals surface area contributed by atoms with Gasteiger partial charge in [0.2, 0.25) is 10.0 Å². The first-order chi connectivity index (χ1) is 12.0. The molecule has 1 atom stereocenters. The third-order valence-electron chi connectivity index (χ3n) is 3.90. The fourth-order valence-corrected chi connectivity index (χ4v) is 4.78. The highest BCUT2D eigenvalue weighted by atomic mass is 32.2. The van der Waals surface area contributed by atoms with Gasteiger partial charge in [-0.15, -0.1) is 0 Å². The molecular formula is C17H19N3O3S2. The van der Waals surface area contributed by atoms with Crippen LogP contribution in [0.1, 0.15) is 24.4 Å². The van der Waals surface area contributed by atoms with Crippen molar-refractivity contribution in [1.29, 1.82) is 0 Å². The number of sulfonamides is 1. The third kappa shape index (κ3) is 4.16. The Morgan fingerprint density at radius 3 is 2.64 bits per heavy atom. The van der Waals surface area contributed by atoms with Crippen LogP contribution in [-0.4, -0.2) is 19.9 Å². The maximum Gasteiger partial charge on any atom is 0.305 e. The van der Waals surface area contributed by atoms with Crippen molar-refractivity contribution in [2.75, 3.05) is 6.54 Å². The van der Waals surface area contributed by atoms with Crippen LogP contribution in [0, 0.1) is 0 Å². The Morgan fingerprint density at radius 2 is 1.92 bits per heavy atom. The van der Waals surface area contributed by atoms with E-state index < -0.39 is 10.0 Å². The van der Waals surface area contributed by atoms with Gasteiger partial charge in [-0.25, -0.2) is 13.1 Å². The topological polar surface area (TPSA) is 105 Å². The standard InChI is InChI=1S/C17H19N3O3S2/c18-10-4-7-14(12-5-2-1-3-6-12)20-25(22,23)13-8-9-15-16(11-13)24-17(21)19-15/h1-3,5-6,8-9,11,14,20H,4,7,10,18H2,(H,19,21). The van der Waals surface area contributed by atoms with Crippen molar-refractivity contribution in [3.05, 3.63) is 63.8 Å². The summed E-state index contributed by atoms with van der Waals surface area (Å²) in [6.07, 6.45) is 1.32. The molecule has 0 radical (unpaired) electrons. The van der Waals surface area contributed by atoms with E-state index >= 15 is 0 Å². The number of nitrogens with two attached hydrogens (primary N) is 1. The molecule has 0 aliphatic carbocycles. The minimum atomic E-state index is -3.72. The Labute approximate surface area is 149 Å². The molecule has 0 bridgehead atoms. The lowest BCUT2D eigenvalue weighted by molar-refractivity contribution is 0.530. The average molecular weight is 377 g/mol. The fourth-order valence-electron chi connectivity index (χ4n) is 2.65. The molecule has 1 aromatic heterocycles. The molecule has 0 spiro atoms. The molecule has 25 heavy (non-hydrogen) atoms. The predicted octanol–water partition coefficient (Wildman–Crippen LogP) is 2.35. The molecule has 1 heterocycles. The van der Waals surface area contributed by atoms with Gasteiger partial charge >= 0.3 is 4.87 Å². The van der Waals surface area contributed by atoms with Gasteiger partial charge in [-0.05, 0) is 43.1 Å². The summed E-state index contributed by atoms with van der Waals surface area (Å²) in [7, 11) is -3.72. The molecular weight excluding hydrogens is 358 g/mol. The summed E-state index contributed by atoms with van der Waals surface area (Å²) in [5, 5.41) is 0. The van der Waals surface area contributed by atoms with Gasteiger partial charge in [0.25, 0.3) is 0 Å². The number of benzene rings is 2. The molecule has 0 saturated carbocycles. The summed E-state index contributed by atoms with van der Waals surface area (Å²) < 4.78 is 29.0. The van der Waals surface area contributed by atoms with E-state index in [4.69, 9.17) is 5.73 Å². The number of aromatic amines is 1. The van der Waals surface area contributed by atoms with E-state index in [1.54, 1.807) is 6.07 Å². The maximum atomic E-state index is 12.8. The first kappa shape index (κ1) is 17.8. The molecule has 1 unspecified atom stereocenters. The molecule has 3 aromatic rings. The monoisotopic (exact) mass is 377 g/mol. The lowest BCUT2D eigenvalue weighted by Gasteiger charge is -2.19. The lowest BCUT2D eigenvalue weighted by atomic mass is 10.0. The van der Waals surface area contributed by atoms with Gasteiger partial charge < -0.3 is 10.7 Å². The largest absolute Gasteiger partial charge is 0.330 e. The SMILES string of the molecule is NCCCC(NS(=O)(=O)c1ccc2[nH]c(=O)sc2c1)c1ccccc1. The van der Waals surface area contributed by atoms with Gasteiger partial charge in [0.05, 0.1) is 15.1 Å². The molecule has 4 N–H and O–H groups in total. The predicted molar refractivity (Wildman–Crippen MR) is 100 cm³/mol. The maximum absolute atomic E-state index is 12.8. The van der Waals surface area contributed by atoms with E-state index in [9.17, 15) is 13.2 Å². The minimum Gasteiger partial charge on any atom is -0.330 e. The van der Waals surface area contributed by atoms with Crippen LogP contribution < -0.4 is 15.3 Å². The van der Waals surface area contributed by atoms with Crippen LogP contribution >= 0.6 is 11.3 Å². The second kappa shape index (κ2) is 7.49. The Bertz CT molecular complexity index is 1010. The van der Waals surface area contributed by atoms with Gasteiger partial charge in [-0.2, -0.15) is 0 Å². The van der Waals surface area contributed by atoms with Crippen LogP contribution in [0.25, 0.3) is 10.2 Å². The van der Waals surface area contributed by atoms with Crippen LogP contribution in [0.2, 0.25) is 0 Å². The second-order valence-electron chi connectivity index (χ2n) is 5.69. The molecule has 0 amide bonds. The van der Waals surface area contributed by atoms with E-state index in [1.165, 1.54) is 12.1 Å². The van der Waals surface area contributed by atoms with Gasteiger partial charge in [-0.1, -0.05) is 41.7 Å². The number of nitrogens with one attached hydrogen (secondary N) is 2. The molecule has 0 aliphatic heterocycles. The summed E-state index contributed by atoms with van der Waals surface area (Å²) in [5.74, 6) is 0. The van der Waals surface area contributed by atoms with Gasteiger partial charge in [0, 0.05) is 6.04 Å². The molecule has 0 saturated heterocycles. The smallest absolute Gasteiger partial charge is 0.305 e. The minimum absolute atomic E-state index is 0.143. The molecule has 6 nitrogen and oxygen atoms in total. The normalized spacial score (nSPS) is 13.2. The molecule has 132 valence electrons. The van der Waals surface area contributed by atoms with Crippen molar-refractivity contribution in [3.63, 3.8) is 0 Å². The van der Waals surface area contributed by atoms with Gasteiger partial charge in [0.1, 0.15) is 0 Å². The van der Waals surface area contributed by atoms with Gasteiger partial charge in [-0.3, -0.25) is 4.79 Å². The Balaban J connectivity index is 1.91. The second-order valence-corrected chi connectivity index (χ2v) is 8.42. The highest BCUT2D eigenvalue weighted by molar-refractivity contribution is 7.89. The molecule has 2 aromatic carbocycles. The van der Waals surface area contributed by atoms with Crippen LogP contribution in [0.4, 0.5) is 0 Å². The van der Waals surface area contributed by atoms with E-state index in [-0.39, 0.29) is 15.8 Å². The summed E-state index contributed by atoms with van der Waals surface area (Å²) >= 11 is 0.992. The Kier molecular flexibility index (Phi) is 5.33. The molecule has 0 fully saturated rings. The zero-order valence-corrected chi connectivity index (χ0v) is 15.1. The lowest BCUT2D eigenvalue weighted by Crippen LogP contribution is -2.29. The third-order valence-corrected chi connectivity index (χ3v) is 6.21. The van der Waals surface area contributed by atoms with Gasteiger partial charge in [0.15, 0.2) is 0 Å². The molecule has 3 rings (SSSR count). The van der Waals surface area contributed by atoms with Crippen LogP contribution in [-0.2, 0) is 10.0 Å². The highest BCUT2D eigenvalue weighted by Crippen LogP contribution is 2.24. The van der Waals surface area contributed by atoms with E-state index in [0.29, 0.717) is 29.6 Å². The number of H-pyrrole nitrogens is 1. The van der Waals surface area contributed by atoms with Crippen LogP contribution in [0.15, 0.2) is 58.2 Å². The van der Waals surface area contributed by atoms with E-state index in [2.05, 4.69) is 9.71 Å². The molecule has 0 aliphatic rings. The van der Waals surface area contributed by atoms with Crippen molar-refractivity contribution in [3.8, 4) is 0 Å². The number of rotatable bonds is 7. The van der Waals surface area contributed by atoms with Crippen molar-refractivity contribution in [1.82, 2.24) is 9.71 Å². The van der Waals surface area contributed by atoms with Crippen LogP contribution in [0.3, 0.4) is 0 Å². The summed E-state index contributed by atoms with van der Waals surface area (Å²) in [6.45, 7) is 0.494. The van der Waals surface area contributed by atoms with Crippen molar-refractivity contribution in [2.45, 2.75) is 23.8 Å². The Morgan fingerprint density at radius 1 is 1.16 bits per heavy atom. The number of aromatic nitrogens is 1. The summed E-state index contributed by atoms with van der Waals surface area (Å²) in [5.41, 5.74) is 7.12. The van der Waals surface area contributed by atoms with Crippen LogP contribution in [0.5, 0.6) is 0 Å². The fraction of sp³-hybridized carbons (Fsp3) is 0.235. The highest BCUT2D eigenvalue weighted by Gasteiger charge is 2.21. The zero-order valence-electron chi connectivity index (χ0n) is 13.4. The number of fused-ring (bicyclic) bond motifs is 1. The molecule has 8 heteroatoms. The average Bonchev–Trinajstić information content (AvgIpc) is 2.98. The first-order valence-electron chi connectivity index (χ1n) is 7.90. The first-order valence-corrected chi connectivity index (χ1v) is 10.2.